The number of benzene rings is 5. The van der Waals surface area contributed by atoms with Crippen molar-refractivity contribution < 1.29 is 20.8 Å². The van der Waals surface area contributed by atoms with Crippen molar-refractivity contribution in [2.24, 2.45) is 0 Å². The van der Waals surface area contributed by atoms with Crippen molar-refractivity contribution in [3.05, 3.63) is 138 Å². The van der Waals surface area contributed by atoms with E-state index in [1.54, 1.807) is 0 Å². The fourth-order valence-electron chi connectivity index (χ4n) is 6.28. The van der Waals surface area contributed by atoms with Gasteiger partial charge in [0.25, 0.3) is 0 Å². The summed E-state index contributed by atoms with van der Waals surface area (Å²) in [5.41, 5.74) is 9.46. The average molecular weight is 795 g/mol. The third kappa shape index (κ3) is 9.84. The molecule has 0 atom stereocenters. The number of aryl methyl sites for hydroxylation is 2. The molecule has 0 nitrogen and oxygen atoms in total. The normalized spacial score (nSPS) is 10.9. The molecule has 0 aliphatic heterocycles. The molecule has 0 aliphatic rings. The SMILES string of the molecule is CC(C)c1cc2c(-c3cccc4ccccc34)cccc2[cH-]1.C[Si]C.Cc1cc2c(-c3ccc([Si](C)(C)C)cc3)ccc(C)c2[cH-]1.[Cl][Zr+2][Cl]. The van der Waals surface area contributed by atoms with Crippen molar-refractivity contribution in [2.45, 2.75) is 66.3 Å². The molecule has 49 heavy (non-hydrogen) atoms. The van der Waals surface area contributed by atoms with Gasteiger partial charge in [0.1, 0.15) is 0 Å². The van der Waals surface area contributed by atoms with Gasteiger partial charge in [0, 0.05) is 9.52 Å². The van der Waals surface area contributed by atoms with Crippen LogP contribution in [0.1, 0.15) is 36.5 Å². The standard InChI is InChI=1S/C22H19.C20H23Si.C2H6Si.2ClH.Zr/c1-15(2)18-13-17-9-6-12-21(22(17)14-18)20-11-5-8-16-7-3-4-10-19(16)20;1-14-12-19-15(2)6-11-18(20(19)13-14)16-7-9-17(10-8-16)21(3,4)5;1-3-2;;;/h3-15H,1-2H3;6-13H,1-5H3;1-2H3;2*1H;/q2*-1;;;;+4/p-2. The van der Waals surface area contributed by atoms with Gasteiger partial charge >= 0.3 is 37.9 Å². The van der Waals surface area contributed by atoms with Crippen LogP contribution in [0.25, 0.3) is 54.6 Å². The molecule has 0 N–H and O–H groups in total. The van der Waals surface area contributed by atoms with Crippen LogP contribution in [-0.4, -0.2) is 17.6 Å². The van der Waals surface area contributed by atoms with E-state index in [1.165, 1.54) is 76.4 Å². The van der Waals surface area contributed by atoms with Gasteiger partial charge in [-0.3, -0.25) is 0 Å². The van der Waals surface area contributed by atoms with Gasteiger partial charge in [-0.1, -0.05) is 156 Å². The molecule has 250 valence electrons. The molecular formula is C44H48Cl2Si2Zr. The quantitative estimate of drug-likeness (QED) is 0.123. The molecule has 0 spiro atoms. The first-order chi connectivity index (χ1) is 23.4. The predicted octanol–water partition coefficient (Wildman–Crippen LogP) is 14.1. The predicted molar refractivity (Wildman–Crippen MR) is 223 cm³/mol. The van der Waals surface area contributed by atoms with E-state index in [1.807, 2.05) is 0 Å². The molecule has 0 aliphatic carbocycles. The zero-order chi connectivity index (χ0) is 35.7. The number of hydrogen-bond acceptors (Lipinski definition) is 0. The van der Waals surface area contributed by atoms with Gasteiger partial charge in [0.2, 0.25) is 0 Å². The molecule has 5 heteroatoms. The summed E-state index contributed by atoms with van der Waals surface area (Å²) in [7, 11) is 9.74. The Labute approximate surface area is 317 Å². The van der Waals surface area contributed by atoms with Crippen molar-refractivity contribution in [1.82, 2.24) is 0 Å². The summed E-state index contributed by atoms with van der Waals surface area (Å²) in [5, 5.41) is 9.62. The van der Waals surface area contributed by atoms with E-state index in [4.69, 9.17) is 17.0 Å². The van der Waals surface area contributed by atoms with E-state index < -0.39 is 28.9 Å². The van der Waals surface area contributed by atoms with Crippen LogP contribution in [-0.2, 0) is 20.8 Å². The zero-order valence-electron chi connectivity index (χ0n) is 30.4. The van der Waals surface area contributed by atoms with E-state index in [0.717, 1.165) is 9.52 Å². The number of halogens is 2. The Kier molecular flexibility index (Phi) is 14.5. The van der Waals surface area contributed by atoms with Gasteiger partial charge in [-0.15, -0.1) is 68.6 Å². The van der Waals surface area contributed by atoms with Crippen LogP contribution < -0.4 is 5.19 Å². The van der Waals surface area contributed by atoms with E-state index in [2.05, 4.69) is 182 Å². The molecule has 0 aromatic heterocycles. The summed E-state index contributed by atoms with van der Waals surface area (Å²) in [6.45, 7) is 20.4. The second-order valence-electron chi connectivity index (χ2n) is 14.0. The van der Waals surface area contributed by atoms with E-state index >= 15 is 0 Å². The van der Waals surface area contributed by atoms with Crippen molar-refractivity contribution in [3.63, 3.8) is 0 Å². The fourth-order valence-corrected chi connectivity index (χ4v) is 7.44. The fraction of sp³-hybridized carbons (Fsp3) is 0.227. The summed E-state index contributed by atoms with van der Waals surface area (Å²) in [6.07, 6.45) is 0. The van der Waals surface area contributed by atoms with Crippen LogP contribution in [0, 0.1) is 13.8 Å². The van der Waals surface area contributed by atoms with Gasteiger partial charge in [0.15, 0.2) is 0 Å². The van der Waals surface area contributed by atoms with E-state index in [9.17, 15) is 0 Å². The second-order valence-corrected chi connectivity index (χ2v) is 23.8. The van der Waals surface area contributed by atoms with Gasteiger partial charge < -0.3 is 0 Å². The monoisotopic (exact) mass is 792 g/mol. The molecule has 7 aromatic carbocycles. The third-order valence-electron chi connectivity index (χ3n) is 8.83. The summed E-state index contributed by atoms with van der Waals surface area (Å²) >= 11 is -0.826. The molecule has 0 amide bonds. The summed E-state index contributed by atoms with van der Waals surface area (Å²) in [5.74, 6) is 0.563. The average Bonchev–Trinajstić information content (AvgIpc) is 3.70. The Hall–Kier alpha value is -2.52. The van der Waals surface area contributed by atoms with Crippen LogP contribution in [0.3, 0.4) is 0 Å². The first-order valence-electron chi connectivity index (χ1n) is 16.9. The molecule has 0 heterocycles. The van der Waals surface area contributed by atoms with Crippen LogP contribution in [0.5, 0.6) is 0 Å². The van der Waals surface area contributed by atoms with Crippen molar-refractivity contribution in [1.29, 1.82) is 0 Å². The number of hydrogen-bond donors (Lipinski definition) is 0. The van der Waals surface area contributed by atoms with Gasteiger partial charge in [-0.05, 0) is 27.8 Å². The minimum absolute atomic E-state index is 0.563. The minimum atomic E-state index is -1.22. The molecular weight excluding hydrogens is 747 g/mol. The zero-order valence-corrected chi connectivity index (χ0v) is 36.4. The van der Waals surface area contributed by atoms with Crippen LogP contribution in [0.4, 0.5) is 0 Å². The van der Waals surface area contributed by atoms with Crippen molar-refractivity contribution in [3.8, 4) is 22.3 Å². The molecule has 2 radical (unpaired) electrons. The molecule has 0 saturated carbocycles. The third-order valence-corrected chi connectivity index (χ3v) is 10.9. The maximum absolute atomic E-state index is 4.93. The summed E-state index contributed by atoms with van der Waals surface area (Å²) in [6, 6.07) is 44.9. The Bertz CT molecular complexity index is 2090. The van der Waals surface area contributed by atoms with E-state index in [0.29, 0.717) is 5.92 Å². The molecule has 0 bridgehead atoms. The Balaban J connectivity index is 0.000000191. The Morgan fingerprint density at radius 2 is 1.24 bits per heavy atom. The van der Waals surface area contributed by atoms with Crippen LogP contribution >= 0.6 is 17.0 Å². The number of fused-ring (bicyclic) bond motifs is 3. The molecule has 0 fully saturated rings. The van der Waals surface area contributed by atoms with Crippen LogP contribution in [0.2, 0.25) is 32.7 Å². The number of rotatable bonds is 4. The van der Waals surface area contributed by atoms with E-state index in [-0.39, 0.29) is 0 Å². The topological polar surface area (TPSA) is 0 Å². The van der Waals surface area contributed by atoms with Gasteiger partial charge in [-0.25, -0.2) is 0 Å². The maximum atomic E-state index is 4.93. The van der Waals surface area contributed by atoms with Crippen molar-refractivity contribution in [2.75, 3.05) is 0 Å². The Morgan fingerprint density at radius 1 is 0.653 bits per heavy atom. The summed E-state index contributed by atoms with van der Waals surface area (Å²) in [4.78, 5) is 0. The van der Waals surface area contributed by atoms with Gasteiger partial charge in [-0.2, -0.15) is 12.1 Å². The van der Waals surface area contributed by atoms with Crippen molar-refractivity contribution >= 4 is 72.1 Å². The van der Waals surface area contributed by atoms with Gasteiger partial charge in [0.05, 0.1) is 8.07 Å². The second kappa shape index (κ2) is 18.1. The Morgan fingerprint density at radius 3 is 1.88 bits per heavy atom. The molecule has 0 saturated heterocycles. The first kappa shape index (κ1) is 39.3. The molecule has 0 unspecified atom stereocenters. The summed E-state index contributed by atoms with van der Waals surface area (Å²) < 4.78 is 0. The molecule has 7 rings (SSSR count). The van der Waals surface area contributed by atoms with Crippen LogP contribution in [0.15, 0.2) is 121 Å². The molecule has 7 aromatic rings. The first-order valence-corrected chi connectivity index (χ1v) is 28.8.